The van der Waals surface area contributed by atoms with Gasteiger partial charge in [0, 0.05) is 26.7 Å². The average molecular weight is 208 g/mol. The highest BCUT2D eigenvalue weighted by atomic mass is 16.2. The number of hydrogen-bond donors (Lipinski definition) is 1. The smallest absolute Gasteiger partial charge is 0.272 e. The molecule has 1 aliphatic heterocycles. The number of amides is 1. The summed E-state index contributed by atoms with van der Waals surface area (Å²) in [4.78, 5) is 18.0. The number of rotatable bonds is 3. The summed E-state index contributed by atoms with van der Waals surface area (Å²) in [6.07, 6.45) is 3.27. The van der Waals surface area contributed by atoms with Crippen LogP contribution in [0.15, 0.2) is 12.5 Å². The Balaban J connectivity index is 2.14. The molecule has 0 saturated carbocycles. The molecule has 5 heteroatoms. The monoisotopic (exact) mass is 208 g/mol. The molecule has 1 aromatic rings. The summed E-state index contributed by atoms with van der Waals surface area (Å²) in [6.45, 7) is 4.55. The minimum absolute atomic E-state index is 0.0731. The van der Waals surface area contributed by atoms with E-state index >= 15 is 0 Å². The van der Waals surface area contributed by atoms with Gasteiger partial charge in [-0.05, 0) is 6.92 Å². The Bertz CT molecular complexity index is 356. The molecular weight excluding hydrogens is 192 g/mol. The topological polar surface area (TPSA) is 50.2 Å². The zero-order valence-corrected chi connectivity index (χ0v) is 9.10. The lowest BCUT2D eigenvalue weighted by Gasteiger charge is -2.37. The van der Waals surface area contributed by atoms with Gasteiger partial charge in [0.1, 0.15) is 5.69 Å². The van der Waals surface area contributed by atoms with Crippen LogP contribution in [0, 0.1) is 0 Å². The van der Waals surface area contributed by atoms with Gasteiger partial charge in [0.2, 0.25) is 0 Å². The van der Waals surface area contributed by atoms with Crippen LogP contribution in [0.4, 0.5) is 0 Å². The van der Waals surface area contributed by atoms with Crippen molar-refractivity contribution in [3.63, 3.8) is 0 Å². The molecule has 0 bridgehead atoms. The van der Waals surface area contributed by atoms with Crippen molar-refractivity contribution in [3.05, 3.63) is 18.2 Å². The van der Waals surface area contributed by atoms with Gasteiger partial charge in [-0.15, -0.1) is 0 Å². The molecule has 0 unspecified atom stereocenters. The van der Waals surface area contributed by atoms with E-state index in [1.807, 2.05) is 18.9 Å². The Morgan fingerprint density at radius 1 is 1.73 bits per heavy atom. The molecule has 2 rings (SSSR count). The Hall–Kier alpha value is -1.36. The fraction of sp³-hybridized carbons (Fsp3) is 0.600. The van der Waals surface area contributed by atoms with E-state index < -0.39 is 0 Å². The Morgan fingerprint density at radius 2 is 2.47 bits per heavy atom. The minimum atomic E-state index is 0.0731. The maximum absolute atomic E-state index is 12.1. The van der Waals surface area contributed by atoms with Crippen LogP contribution in [0.5, 0.6) is 0 Å². The van der Waals surface area contributed by atoms with Gasteiger partial charge in [-0.25, -0.2) is 4.98 Å². The van der Waals surface area contributed by atoms with Crippen molar-refractivity contribution < 1.29 is 4.79 Å². The van der Waals surface area contributed by atoms with Gasteiger partial charge in [0.15, 0.2) is 0 Å². The number of carbonyl (C=O) groups excluding carboxylic acids is 1. The van der Waals surface area contributed by atoms with Crippen LogP contribution >= 0.6 is 0 Å². The summed E-state index contributed by atoms with van der Waals surface area (Å²) in [5.74, 6) is 0.0731. The molecule has 15 heavy (non-hydrogen) atoms. The lowest BCUT2D eigenvalue weighted by molar-refractivity contribution is 0.0620. The van der Waals surface area contributed by atoms with Crippen LogP contribution < -0.4 is 5.32 Å². The number of nitrogens with zero attached hydrogens (tertiary/aromatic N) is 3. The number of carbonyl (C=O) groups is 1. The second-order valence-corrected chi connectivity index (χ2v) is 3.79. The fourth-order valence-corrected chi connectivity index (χ4v) is 1.77. The molecule has 82 valence electrons. The van der Waals surface area contributed by atoms with Crippen molar-refractivity contribution in [1.82, 2.24) is 19.8 Å². The quantitative estimate of drug-likeness (QED) is 0.752. The highest BCUT2D eigenvalue weighted by Crippen LogP contribution is 2.10. The molecule has 1 saturated heterocycles. The summed E-state index contributed by atoms with van der Waals surface area (Å²) in [6, 6.07) is 0.345. The van der Waals surface area contributed by atoms with Crippen LogP contribution in [0.1, 0.15) is 17.4 Å². The van der Waals surface area contributed by atoms with Crippen LogP contribution in [-0.2, 0) is 7.05 Å². The van der Waals surface area contributed by atoms with Crippen molar-refractivity contribution in [3.8, 4) is 0 Å². The van der Waals surface area contributed by atoms with Gasteiger partial charge in [-0.3, -0.25) is 4.79 Å². The molecular formula is C10H16N4O. The fourth-order valence-electron chi connectivity index (χ4n) is 1.77. The number of imidazole rings is 1. The lowest BCUT2D eigenvalue weighted by Crippen LogP contribution is -2.58. The molecule has 0 aromatic carbocycles. The second kappa shape index (κ2) is 4.02. The van der Waals surface area contributed by atoms with Crippen LogP contribution in [-0.4, -0.2) is 46.0 Å². The van der Waals surface area contributed by atoms with E-state index in [2.05, 4.69) is 10.3 Å². The predicted molar refractivity (Wildman–Crippen MR) is 56.6 cm³/mol. The van der Waals surface area contributed by atoms with E-state index in [9.17, 15) is 4.79 Å². The zero-order valence-electron chi connectivity index (χ0n) is 9.10. The number of nitrogens with one attached hydrogen (secondary N) is 1. The van der Waals surface area contributed by atoms with E-state index in [0.717, 1.165) is 19.6 Å². The second-order valence-electron chi connectivity index (χ2n) is 3.79. The number of aromatic nitrogens is 2. The highest BCUT2D eigenvalue weighted by molar-refractivity contribution is 5.92. The van der Waals surface area contributed by atoms with Gasteiger partial charge in [0.05, 0.1) is 18.6 Å². The lowest BCUT2D eigenvalue weighted by atomic mass is 10.1. The Kier molecular flexibility index (Phi) is 2.73. The van der Waals surface area contributed by atoms with Crippen molar-refractivity contribution in [2.45, 2.75) is 13.0 Å². The standard InChI is InChI=1S/C10H16N4O/c1-3-14(8-4-11-5-8)10(15)9-6-12-7-13(9)2/h6-8,11H,3-5H2,1-2H3. The molecule has 1 N–H and O–H groups in total. The van der Waals surface area contributed by atoms with E-state index in [1.165, 1.54) is 0 Å². The molecule has 5 nitrogen and oxygen atoms in total. The number of aryl methyl sites for hydroxylation is 1. The Labute approximate surface area is 89.1 Å². The maximum Gasteiger partial charge on any atom is 0.272 e. The van der Waals surface area contributed by atoms with E-state index in [0.29, 0.717) is 11.7 Å². The van der Waals surface area contributed by atoms with Gasteiger partial charge in [-0.2, -0.15) is 0 Å². The summed E-state index contributed by atoms with van der Waals surface area (Å²) in [5.41, 5.74) is 0.656. The van der Waals surface area contributed by atoms with Crippen LogP contribution in [0.25, 0.3) is 0 Å². The molecule has 1 amide bonds. The van der Waals surface area contributed by atoms with Crippen molar-refractivity contribution in [1.29, 1.82) is 0 Å². The summed E-state index contributed by atoms with van der Waals surface area (Å²) in [5, 5.41) is 3.17. The average Bonchev–Trinajstić information content (AvgIpc) is 2.56. The van der Waals surface area contributed by atoms with Crippen molar-refractivity contribution in [2.75, 3.05) is 19.6 Å². The SMILES string of the molecule is CCN(C(=O)c1cncn1C)C1CNC1. The molecule has 1 aromatic heterocycles. The molecule has 0 atom stereocenters. The predicted octanol–water partition coefficient (Wildman–Crippen LogP) is -0.146. The third-order valence-electron chi connectivity index (χ3n) is 2.84. The largest absolute Gasteiger partial charge is 0.332 e. The van der Waals surface area contributed by atoms with Gasteiger partial charge >= 0.3 is 0 Å². The first kappa shape index (κ1) is 10.2. The molecule has 0 radical (unpaired) electrons. The number of hydrogen-bond acceptors (Lipinski definition) is 3. The third-order valence-corrected chi connectivity index (χ3v) is 2.84. The van der Waals surface area contributed by atoms with Crippen LogP contribution in [0.3, 0.4) is 0 Å². The molecule has 0 spiro atoms. The number of likely N-dealkylation sites (N-methyl/N-ethyl adjacent to an activating group) is 1. The zero-order chi connectivity index (χ0) is 10.8. The maximum atomic E-state index is 12.1. The van der Waals surface area contributed by atoms with Gasteiger partial charge in [0.25, 0.3) is 5.91 Å². The third kappa shape index (κ3) is 1.74. The highest BCUT2D eigenvalue weighted by Gasteiger charge is 2.28. The Morgan fingerprint density at radius 3 is 2.87 bits per heavy atom. The van der Waals surface area contributed by atoms with Crippen LogP contribution in [0.2, 0.25) is 0 Å². The van der Waals surface area contributed by atoms with E-state index in [4.69, 9.17) is 0 Å². The minimum Gasteiger partial charge on any atom is -0.332 e. The van der Waals surface area contributed by atoms with Crippen molar-refractivity contribution in [2.24, 2.45) is 7.05 Å². The molecule has 2 heterocycles. The summed E-state index contributed by atoms with van der Waals surface area (Å²) in [7, 11) is 1.84. The normalized spacial score (nSPS) is 16.1. The van der Waals surface area contributed by atoms with Gasteiger partial charge < -0.3 is 14.8 Å². The summed E-state index contributed by atoms with van der Waals surface area (Å²) >= 11 is 0. The van der Waals surface area contributed by atoms with Gasteiger partial charge in [-0.1, -0.05) is 0 Å². The molecule has 1 fully saturated rings. The first-order valence-corrected chi connectivity index (χ1v) is 5.22. The van der Waals surface area contributed by atoms with E-state index in [-0.39, 0.29) is 5.91 Å². The molecule has 1 aliphatic rings. The first-order chi connectivity index (χ1) is 7.24. The first-order valence-electron chi connectivity index (χ1n) is 5.22. The summed E-state index contributed by atoms with van der Waals surface area (Å²) < 4.78 is 1.76. The van der Waals surface area contributed by atoms with E-state index in [1.54, 1.807) is 17.1 Å². The van der Waals surface area contributed by atoms with Crippen molar-refractivity contribution >= 4 is 5.91 Å². The molecule has 0 aliphatic carbocycles.